The van der Waals surface area contributed by atoms with E-state index in [0.29, 0.717) is 34.1 Å². The van der Waals surface area contributed by atoms with Gasteiger partial charge < -0.3 is 10.2 Å². The van der Waals surface area contributed by atoms with Crippen molar-refractivity contribution in [1.29, 1.82) is 0 Å². The van der Waals surface area contributed by atoms with Crippen molar-refractivity contribution in [3.05, 3.63) is 69.5 Å². The summed E-state index contributed by atoms with van der Waals surface area (Å²) in [5.41, 5.74) is 1.37. The van der Waals surface area contributed by atoms with Gasteiger partial charge in [0.25, 0.3) is 0 Å². The second-order valence-electron chi connectivity index (χ2n) is 6.38. The third kappa shape index (κ3) is 5.94. The Hall–Kier alpha value is -2.11. The Labute approximate surface area is 174 Å². The number of hydrogen-bond acceptors (Lipinski definition) is 2. The molecule has 0 aliphatic rings. The number of likely N-dealkylation sites (N-methyl/N-ethyl adjacent to an activating group) is 1. The highest BCUT2D eigenvalue weighted by atomic mass is 35.5. The lowest BCUT2D eigenvalue weighted by atomic mass is 10.1. The van der Waals surface area contributed by atoms with E-state index in [4.69, 9.17) is 23.2 Å². The number of nitrogens with zero attached hydrogens (tertiary/aromatic N) is 1. The molecule has 1 atom stereocenters. The minimum absolute atomic E-state index is 0.0569. The van der Waals surface area contributed by atoms with Crippen molar-refractivity contribution in [2.24, 2.45) is 0 Å². The first kappa shape index (κ1) is 22.2. The summed E-state index contributed by atoms with van der Waals surface area (Å²) in [6.07, 6.45) is 0.508. The SMILES string of the molecule is CCNC(=O)[C@H](CC)N(Cc1ccc(Cl)cc1Cl)C(=O)Cc1ccc(F)cc1. The lowest BCUT2D eigenvalue weighted by molar-refractivity contribution is -0.140. The Bertz CT molecular complexity index is 828. The lowest BCUT2D eigenvalue weighted by Gasteiger charge is -2.31. The van der Waals surface area contributed by atoms with E-state index in [1.165, 1.54) is 17.0 Å². The highest BCUT2D eigenvalue weighted by Gasteiger charge is 2.28. The van der Waals surface area contributed by atoms with Crippen LogP contribution in [0.3, 0.4) is 0 Å². The average Bonchev–Trinajstić information content (AvgIpc) is 2.65. The van der Waals surface area contributed by atoms with Crippen LogP contribution in [0.2, 0.25) is 10.0 Å². The predicted octanol–water partition coefficient (Wildman–Crippen LogP) is 4.62. The van der Waals surface area contributed by atoms with Crippen LogP contribution in [0.5, 0.6) is 0 Å². The van der Waals surface area contributed by atoms with Crippen molar-refractivity contribution in [1.82, 2.24) is 10.2 Å². The zero-order chi connectivity index (χ0) is 20.7. The molecule has 7 heteroatoms. The molecule has 2 aromatic rings. The van der Waals surface area contributed by atoms with Gasteiger partial charge in [-0.2, -0.15) is 0 Å². The molecule has 0 aromatic heterocycles. The zero-order valence-electron chi connectivity index (χ0n) is 15.8. The van der Waals surface area contributed by atoms with Gasteiger partial charge in [0.2, 0.25) is 11.8 Å². The molecule has 150 valence electrons. The molecule has 4 nitrogen and oxygen atoms in total. The molecular formula is C21H23Cl2FN2O2. The molecule has 0 unspecified atom stereocenters. The zero-order valence-corrected chi connectivity index (χ0v) is 17.4. The van der Waals surface area contributed by atoms with E-state index in [-0.39, 0.29) is 30.6 Å². The van der Waals surface area contributed by atoms with Crippen LogP contribution in [0.1, 0.15) is 31.4 Å². The highest BCUT2D eigenvalue weighted by molar-refractivity contribution is 6.35. The smallest absolute Gasteiger partial charge is 0.242 e. The fourth-order valence-corrected chi connectivity index (χ4v) is 3.39. The molecule has 0 saturated heterocycles. The summed E-state index contributed by atoms with van der Waals surface area (Å²) in [5, 5.41) is 3.70. The number of nitrogens with one attached hydrogen (secondary N) is 1. The minimum Gasteiger partial charge on any atom is -0.355 e. The monoisotopic (exact) mass is 424 g/mol. The predicted molar refractivity (Wildman–Crippen MR) is 110 cm³/mol. The van der Waals surface area contributed by atoms with Crippen molar-refractivity contribution in [2.45, 2.75) is 39.3 Å². The molecule has 2 aromatic carbocycles. The number of hydrogen-bond donors (Lipinski definition) is 1. The molecule has 0 saturated carbocycles. The van der Waals surface area contributed by atoms with Crippen LogP contribution in [0, 0.1) is 5.82 Å². The molecule has 0 aliphatic heterocycles. The Morgan fingerprint density at radius 3 is 2.36 bits per heavy atom. The minimum atomic E-state index is -0.639. The standard InChI is InChI=1S/C21H23Cl2FN2O2/c1-3-19(21(28)25-4-2)26(13-15-7-8-16(22)12-18(15)23)20(27)11-14-5-9-17(24)10-6-14/h5-10,12,19H,3-4,11,13H2,1-2H3,(H,25,28)/t19-/m0/s1. The van der Waals surface area contributed by atoms with Gasteiger partial charge in [0.1, 0.15) is 11.9 Å². The summed E-state index contributed by atoms with van der Waals surface area (Å²) in [4.78, 5) is 27.1. The molecule has 0 bridgehead atoms. The Balaban J connectivity index is 2.31. The van der Waals surface area contributed by atoms with E-state index in [0.717, 1.165) is 0 Å². The second-order valence-corrected chi connectivity index (χ2v) is 7.22. The van der Waals surface area contributed by atoms with Gasteiger partial charge in [0.05, 0.1) is 6.42 Å². The van der Waals surface area contributed by atoms with Crippen LogP contribution in [0.15, 0.2) is 42.5 Å². The molecule has 0 spiro atoms. The van der Waals surface area contributed by atoms with Crippen LogP contribution < -0.4 is 5.32 Å². The van der Waals surface area contributed by atoms with E-state index in [1.54, 1.807) is 30.3 Å². The summed E-state index contributed by atoms with van der Waals surface area (Å²) in [5.74, 6) is -0.826. The van der Waals surface area contributed by atoms with Gasteiger partial charge in [-0.05, 0) is 48.7 Å². The third-order valence-corrected chi connectivity index (χ3v) is 4.95. The Morgan fingerprint density at radius 2 is 1.79 bits per heavy atom. The van der Waals surface area contributed by atoms with Crippen LogP contribution in [-0.2, 0) is 22.6 Å². The van der Waals surface area contributed by atoms with Crippen molar-refractivity contribution >= 4 is 35.0 Å². The highest BCUT2D eigenvalue weighted by Crippen LogP contribution is 2.24. The number of carbonyl (C=O) groups excluding carboxylic acids is 2. The number of rotatable bonds is 8. The quantitative estimate of drug-likeness (QED) is 0.671. The van der Waals surface area contributed by atoms with E-state index in [2.05, 4.69) is 5.32 Å². The van der Waals surface area contributed by atoms with Gasteiger partial charge in [-0.3, -0.25) is 9.59 Å². The summed E-state index contributed by atoms with van der Waals surface area (Å²) in [7, 11) is 0. The molecule has 2 amide bonds. The number of benzene rings is 2. The van der Waals surface area contributed by atoms with Gasteiger partial charge in [-0.15, -0.1) is 0 Å². The fraction of sp³-hybridized carbons (Fsp3) is 0.333. The van der Waals surface area contributed by atoms with Gasteiger partial charge in [0, 0.05) is 23.1 Å². The third-order valence-electron chi connectivity index (χ3n) is 4.36. The normalized spacial score (nSPS) is 11.8. The molecule has 0 fully saturated rings. The number of halogens is 3. The Morgan fingerprint density at radius 1 is 1.11 bits per heavy atom. The molecule has 0 aliphatic carbocycles. The van der Waals surface area contributed by atoms with Crippen molar-refractivity contribution in [3.63, 3.8) is 0 Å². The van der Waals surface area contributed by atoms with E-state index in [9.17, 15) is 14.0 Å². The van der Waals surface area contributed by atoms with Crippen molar-refractivity contribution in [2.75, 3.05) is 6.54 Å². The number of carbonyl (C=O) groups is 2. The fourth-order valence-electron chi connectivity index (χ4n) is 2.92. The van der Waals surface area contributed by atoms with E-state index < -0.39 is 6.04 Å². The van der Waals surface area contributed by atoms with Gasteiger partial charge >= 0.3 is 0 Å². The molecule has 2 rings (SSSR count). The van der Waals surface area contributed by atoms with Crippen molar-refractivity contribution in [3.8, 4) is 0 Å². The summed E-state index contributed by atoms with van der Waals surface area (Å²) in [6.45, 7) is 4.32. The largest absolute Gasteiger partial charge is 0.355 e. The van der Waals surface area contributed by atoms with Crippen LogP contribution >= 0.6 is 23.2 Å². The van der Waals surface area contributed by atoms with Crippen molar-refractivity contribution < 1.29 is 14.0 Å². The first-order chi connectivity index (χ1) is 13.3. The maximum atomic E-state index is 13.1. The average molecular weight is 425 g/mol. The first-order valence-corrected chi connectivity index (χ1v) is 9.86. The van der Waals surface area contributed by atoms with Gasteiger partial charge in [-0.1, -0.05) is 48.3 Å². The number of amides is 2. The molecule has 0 radical (unpaired) electrons. The maximum Gasteiger partial charge on any atom is 0.242 e. The van der Waals surface area contributed by atoms with E-state index in [1.807, 2.05) is 13.8 Å². The van der Waals surface area contributed by atoms with Crippen LogP contribution in [0.25, 0.3) is 0 Å². The summed E-state index contributed by atoms with van der Waals surface area (Å²) >= 11 is 12.2. The lowest BCUT2D eigenvalue weighted by Crippen LogP contribution is -2.49. The van der Waals surface area contributed by atoms with Gasteiger partial charge in [0.15, 0.2) is 0 Å². The molecule has 0 heterocycles. The second kappa shape index (κ2) is 10.4. The first-order valence-electron chi connectivity index (χ1n) is 9.11. The molecular weight excluding hydrogens is 402 g/mol. The topological polar surface area (TPSA) is 49.4 Å². The van der Waals surface area contributed by atoms with Gasteiger partial charge in [-0.25, -0.2) is 4.39 Å². The summed E-state index contributed by atoms with van der Waals surface area (Å²) < 4.78 is 13.1. The van der Waals surface area contributed by atoms with E-state index >= 15 is 0 Å². The van der Waals surface area contributed by atoms with Crippen LogP contribution in [-0.4, -0.2) is 29.3 Å². The van der Waals surface area contributed by atoms with Crippen LogP contribution in [0.4, 0.5) is 4.39 Å². The maximum absolute atomic E-state index is 13.1. The summed E-state index contributed by atoms with van der Waals surface area (Å²) in [6, 6.07) is 10.1. The molecule has 1 N–H and O–H groups in total. The molecule has 28 heavy (non-hydrogen) atoms. The Kier molecular flexibility index (Phi) is 8.27.